The monoisotopic (exact) mass is 463 g/mol. The zero-order valence-corrected chi connectivity index (χ0v) is 20.0. The number of amides is 1. The van der Waals surface area contributed by atoms with E-state index in [4.69, 9.17) is 9.47 Å². The summed E-state index contributed by atoms with van der Waals surface area (Å²) in [5, 5.41) is 14.5. The van der Waals surface area contributed by atoms with Crippen LogP contribution in [0.1, 0.15) is 43.0 Å². The van der Waals surface area contributed by atoms with Gasteiger partial charge >= 0.3 is 0 Å². The van der Waals surface area contributed by atoms with Crippen LogP contribution in [0.3, 0.4) is 0 Å². The number of nitrogens with zero attached hydrogens (tertiary/aromatic N) is 4. The SMILES string of the molecule is COc1ccc(CN2CCc3nnc([C@@H](C)NC(=O)C4CCOCC4)n3CC2)c2ccccc12. The molecule has 0 bridgehead atoms. The van der Waals surface area contributed by atoms with Crippen LogP contribution in [-0.2, 0) is 29.0 Å². The minimum atomic E-state index is -0.173. The Balaban J connectivity index is 1.26. The average molecular weight is 464 g/mol. The summed E-state index contributed by atoms with van der Waals surface area (Å²) in [7, 11) is 1.72. The minimum absolute atomic E-state index is 0.0255. The standard InChI is InChI=1S/C26H33N5O3/c1-18(27-26(32)19-10-15-34-16-11-19)25-29-28-24-9-12-30(13-14-31(24)25)17-20-7-8-23(33-2)22-6-4-3-5-21(20)22/h3-8,18-19H,9-17H2,1-2H3,(H,27,32)/t18-/m1/s1. The molecule has 0 unspecified atom stereocenters. The molecule has 2 aliphatic rings. The fraction of sp³-hybridized carbons (Fsp3) is 0.500. The van der Waals surface area contributed by atoms with E-state index in [1.165, 1.54) is 10.9 Å². The van der Waals surface area contributed by atoms with Gasteiger partial charge < -0.3 is 19.4 Å². The van der Waals surface area contributed by atoms with E-state index < -0.39 is 0 Å². The molecule has 5 rings (SSSR count). The van der Waals surface area contributed by atoms with Crippen LogP contribution in [0, 0.1) is 5.92 Å². The van der Waals surface area contributed by atoms with Gasteiger partial charge in [0.2, 0.25) is 5.91 Å². The minimum Gasteiger partial charge on any atom is -0.496 e. The Kier molecular flexibility index (Phi) is 6.78. The fourth-order valence-electron chi connectivity index (χ4n) is 5.11. The third-order valence-electron chi connectivity index (χ3n) is 7.07. The number of methoxy groups -OCH3 is 1. The van der Waals surface area contributed by atoms with E-state index in [9.17, 15) is 4.79 Å². The van der Waals surface area contributed by atoms with Gasteiger partial charge in [0, 0.05) is 57.1 Å². The lowest BCUT2D eigenvalue weighted by atomic mass is 9.99. The van der Waals surface area contributed by atoms with Crippen LogP contribution in [-0.4, -0.2) is 59.0 Å². The molecule has 34 heavy (non-hydrogen) atoms. The van der Waals surface area contributed by atoms with Crippen LogP contribution in [0.2, 0.25) is 0 Å². The second-order valence-corrected chi connectivity index (χ2v) is 9.24. The second-order valence-electron chi connectivity index (χ2n) is 9.24. The Labute approximate surface area is 200 Å². The molecule has 1 atom stereocenters. The van der Waals surface area contributed by atoms with Crippen molar-refractivity contribution in [1.29, 1.82) is 0 Å². The predicted molar refractivity (Wildman–Crippen MR) is 130 cm³/mol. The van der Waals surface area contributed by atoms with Crippen molar-refractivity contribution < 1.29 is 14.3 Å². The first kappa shape index (κ1) is 22.8. The molecule has 1 aromatic heterocycles. The molecule has 8 nitrogen and oxygen atoms in total. The lowest BCUT2D eigenvalue weighted by Gasteiger charge is -2.24. The molecule has 2 aliphatic heterocycles. The summed E-state index contributed by atoms with van der Waals surface area (Å²) in [5.74, 6) is 2.85. The molecule has 180 valence electrons. The number of rotatable bonds is 6. The highest BCUT2D eigenvalue weighted by atomic mass is 16.5. The maximum absolute atomic E-state index is 12.7. The van der Waals surface area contributed by atoms with Crippen molar-refractivity contribution in [1.82, 2.24) is 25.0 Å². The number of hydrogen-bond acceptors (Lipinski definition) is 6. The summed E-state index contributed by atoms with van der Waals surface area (Å²) in [6, 6.07) is 12.5. The molecule has 2 aromatic carbocycles. The number of benzene rings is 2. The van der Waals surface area contributed by atoms with Crippen molar-refractivity contribution in [2.75, 3.05) is 33.4 Å². The van der Waals surface area contributed by atoms with Gasteiger partial charge in [0.15, 0.2) is 5.82 Å². The Morgan fingerprint density at radius 1 is 1.12 bits per heavy atom. The highest BCUT2D eigenvalue weighted by Crippen LogP contribution is 2.29. The highest BCUT2D eigenvalue weighted by molar-refractivity contribution is 5.91. The van der Waals surface area contributed by atoms with Crippen molar-refractivity contribution in [3.8, 4) is 5.75 Å². The highest BCUT2D eigenvalue weighted by Gasteiger charge is 2.26. The quantitative estimate of drug-likeness (QED) is 0.605. The Morgan fingerprint density at radius 2 is 1.91 bits per heavy atom. The Morgan fingerprint density at radius 3 is 2.71 bits per heavy atom. The maximum atomic E-state index is 12.7. The molecule has 1 amide bonds. The normalized spacial score (nSPS) is 18.3. The number of carbonyl (C=O) groups excluding carboxylic acids is 1. The van der Waals surface area contributed by atoms with Gasteiger partial charge in [0.25, 0.3) is 0 Å². The third-order valence-corrected chi connectivity index (χ3v) is 7.07. The van der Waals surface area contributed by atoms with E-state index >= 15 is 0 Å². The van der Waals surface area contributed by atoms with Gasteiger partial charge in [-0.3, -0.25) is 9.69 Å². The van der Waals surface area contributed by atoms with Crippen molar-refractivity contribution in [2.45, 2.75) is 45.3 Å². The summed E-state index contributed by atoms with van der Waals surface area (Å²) in [6.07, 6.45) is 2.40. The molecule has 8 heteroatoms. The van der Waals surface area contributed by atoms with Crippen LogP contribution < -0.4 is 10.1 Å². The van der Waals surface area contributed by atoms with Crippen molar-refractivity contribution in [3.05, 3.63) is 53.6 Å². The molecular formula is C26H33N5O3. The molecule has 1 N–H and O–H groups in total. The zero-order chi connectivity index (χ0) is 23.5. The van der Waals surface area contributed by atoms with Crippen LogP contribution in [0.25, 0.3) is 10.8 Å². The predicted octanol–water partition coefficient (Wildman–Crippen LogP) is 3.10. The number of ether oxygens (including phenoxy) is 2. The Hall–Kier alpha value is -2.97. The fourth-order valence-corrected chi connectivity index (χ4v) is 5.11. The molecule has 0 saturated carbocycles. The van der Waals surface area contributed by atoms with E-state index in [0.29, 0.717) is 13.2 Å². The van der Waals surface area contributed by atoms with Crippen molar-refractivity contribution >= 4 is 16.7 Å². The Bertz CT molecular complexity index is 1150. The first-order chi connectivity index (χ1) is 16.6. The first-order valence-electron chi connectivity index (χ1n) is 12.2. The van der Waals surface area contributed by atoms with Gasteiger partial charge in [-0.05, 0) is 36.8 Å². The van der Waals surface area contributed by atoms with Crippen LogP contribution in [0.4, 0.5) is 0 Å². The number of nitrogens with one attached hydrogen (secondary N) is 1. The number of hydrogen-bond donors (Lipinski definition) is 1. The van der Waals surface area contributed by atoms with Gasteiger partial charge in [-0.1, -0.05) is 30.3 Å². The third kappa shape index (κ3) is 4.65. The van der Waals surface area contributed by atoms with Gasteiger partial charge in [0.1, 0.15) is 11.6 Å². The van der Waals surface area contributed by atoms with E-state index in [1.54, 1.807) is 7.11 Å². The van der Waals surface area contributed by atoms with Gasteiger partial charge in [-0.2, -0.15) is 0 Å². The zero-order valence-electron chi connectivity index (χ0n) is 20.0. The second kappa shape index (κ2) is 10.1. The molecule has 0 spiro atoms. The van der Waals surface area contributed by atoms with E-state index in [-0.39, 0.29) is 17.9 Å². The number of carbonyl (C=O) groups is 1. The average Bonchev–Trinajstić information content (AvgIpc) is 3.19. The van der Waals surface area contributed by atoms with Crippen LogP contribution >= 0.6 is 0 Å². The van der Waals surface area contributed by atoms with Crippen LogP contribution in [0.5, 0.6) is 5.75 Å². The lowest BCUT2D eigenvalue weighted by molar-refractivity contribution is -0.128. The maximum Gasteiger partial charge on any atom is 0.223 e. The molecule has 0 aliphatic carbocycles. The summed E-state index contributed by atoms with van der Waals surface area (Å²) in [4.78, 5) is 15.2. The van der Waals surface area contributed by atoms with E-state index in [0.717, 1.165) is 68.2 Å². The molecule has 3 aromatic rings. The lowest BCUT2D eigenvalue weighted by Crippen LogP contribution is -2.36. The van der Waals surface area contributed by atoms with Gasteiger partial charge in [-0.15, -0.1) is 10.2 Å². The van der Waals surface area contributed by atoms with Crippen LogP contribution in [0.15, 0.2) is 36.4 Å². The number of fused-ring (bicyclic) bond motifs is 2. The summed E-state index contributed by atoms with van der Waals surface area (Å²) in [5.41, 5.74) is 1.30. The smallest absolute Gasteiger partial charge is 0.223 e. The molecular weight excluding hydrogens is 430 g/mol. The summed E-state index contributed by atoms with van der Waals surface area (Å²) < 4.78 is 13.1. The summed E-state index contributed by atoms with van der Waals surface area (Å²) >= 11 is 0. The topological polar surface area (TPSA) is 81.5 Å². The van der Waals surface area contributed by atoms with Gasteiger partial charge in [0.05, 0.1) is 13.2 Å². The van der Waals surface area contributed by atoms with Gasteiger partial charge in [-0.25, -0.2) is 0 Å². The molecule has 0 radical (unpaired) electrons. The van der Waals surface area contributed by atoms with E-state index in [1.807, 2.05) is 6.92 Å². The number of aromatic nitrogens is 3. The van der Waals surface area contributed by atoms with Crippen molar-refractivity contribution in [2.24, 2.45) is 5.92 Å². The molecule has 1 fully saturated rings. The molecule has 1 saturated heterocycles. The van der Waals surface area contributed by atoms with Crippen molar-refractivity contribution in [3.63, 3.8) is 0 Å². The molecule has 3 heterocycles. The summed E-state index contributed by atoms with van der Waals surface area (Å²) in [6.45, 7) is 6.82. The first-order valence-corrected chi connectivity index (χ1v) is 12.2. The van der Waals surface area contributed by atoms with E-state index in [2.05, 4.69) is 61.4 Å². The largest absolute Gasteiger partial charge is 0.496 e.